The second-order valence-corrected chi connectivity index (χ2v) is 10.5. The number of hydrogen-bond acceptors (Lipinski definition) is 6. The van der Waals surface area contributed by atoms with Gasteiger partial charge in [0, 0.05) is 35.7 Å². The molecule has 1 amide bonds. The van der Waals surface area contributed by atoms with Gasteiger partial charge in [-0.3, -0.25) is 4.79 Å². The Bertz CT molecular complexity index is 1290. The van der Waals surface area contributed by atoms with Crippen molar-refractivity contribution in [3.63, 3.8) is 0 Å². The average Bonchev–Trinajstić information content (AvgIpc) is 3.09. The topological polar surface area (TPSA) is 106 Å². The molecule has 1 saturated carbocycles. The van der Waals surface area contributed by atoms with Crippen LogP contribution in [0.25, 0.3) is 21.5 Å². The number of anilines is 1. The van der Waals surface area contributed by atoms with Crippen LogP contribution in [-0.4, -0.2) is 34.6 Å². The molecule has 0 bridgehead atoms. The van der Waals surface area contributed by atoms with E-state index in [1.807, 2.05) is 11.5 Å². The van der Waals surface area contributed by atoms with Gasteiger partial charge in [-0.25, -0.2) is 21.9 Å². The second-order valence-electron chi connectivity index (χ2n) is 7.81. The fourth-order valence-electron chi connectivity index (χ4n) is 3.55. The number of benzene rings is 1. The number of halogens is 2. The quantitative estimate of drug-likeness (QED) is 0.617. The molecule has 5 rings (SSSR count). The monoisotopic (exact) mass is 453 g/mol. The number of nitrogens with one attached hydrogen (secondary N) is 2. The van der Waals surface area contributed by atoms with Crippen LogP contribution in [0.5, 0.6) is 0 Å². The van der Waals surface area contributed by atoms with Crippen LogP contribution in [0, 0.1) is 0 Å². The Morgan fingerprint density at radius 2 is 2.07 bits per heavy atom. The highest BCUT2D eigenvalue weighted by atomic mass is 32.2. The molecule has 0 spiro atoms. The van der Waals surface area contributed by atoms with Gasteiger partial charge in [0.15, 0.2) is 5.01 Å². The van der Waals surface area contributed by atoms with Crippen molar-refractivity contribution in [2.45, 2.75) is 49.6 Å². The fraction of sp³-hybridized carbons (Fsp3) is 0.389. The van der Waals surface area contributed by atoms with Gasteiger partial charge in [0.1, 0.15) is 5.01 Å². The van der Waals surface area contributed by atoms with E-state index in [0.717, 1.165) is 24.2 Å². The van der Waals surface area contributed by atoms with Crippen LogP contribution in [0.1, 0.15) is 37.6 Å². The lowest BCUT2D eigenvalue weighted by molar-refractivity contribution is -0.116. The van der Waals surface area contributed by atoms with E-state index in [4.69, 9.17) is 0 Å². The highest BCUT2D eigenvalue weighted by molar-refractivity contribution is 7.89. The maximum Gasteiger partial charge on any atom is 0.291 e. The molecule has 158 valence electrons. The fourth-order valence-corrected chi connectivity index (χ4v) is 5.79. The van der Waals surface area contributed by atoms with E-state index in [1.54, 1.807) is 6.20 Å². The summed E-state index contributed by atoms with van der Waals surface area (Å²) in [5, 5.41) is 10.5. The van der Waals surface area contributed by atoms with E-state index in [0.29, 0.717) is 28.7 Å². The van der Waals surface area contributed by atoms with E-state index >= 15 is 0 Å². The molecule has 2 aliphatic rings. The van der Waals surface area contributed by atoms with Crippen molar-refractivity contribution in [2.75, 3.05) is 5.32 Å². The lowest BCUT2D eigenvalue weighted by atomic mass is 10.1. The van der Waals surface area contributed by atoms with E-state index < -0.39 is 27.0 Å². The van der Waals surface area contributed by atoms with Gasteiger partial charge in [0.05, 0.1) is 16.1 Å². The molecular formula is C18H17F2N5O3S2. The molecule has 2 N–H and O–H groups in total. The zero-order chi connectivity index (χ0) is 21.3. The summed E-state index contributed by atoms with van der Waals surface area (Å²) in [6.07, 6.45) is 0.671. The van der Waals surface area contributed by atoms with Crippen molar-refractivity contribution in [3.05, 3.63) is 23.3 Å². The summed E-state index contributed by atoms with van der Waals surface area (Å²) in [6.45, 7) is 2.20. The summed E-state index contributed by atoms with van der Waals surface area (Å²) in [6, 6.07) is 2.93. The number of rotatable bonds is 5. The average molecular weight is 453 g/mol. The van der Waals surface area contributed by atoms with Crippen LogP contribution >= 0.6 is 11.3 Å². The normalized spacial score (nSPS) is 17.9. The largest absolute Gasteiger partial charge is 0.345 e. The number of sulfonamides is 1. The predicted molar refractivity (Wildman–Crippen MR) is 107 cm³/mol. The number of nitrogens with zero attached hydrogens (tertiary/aromatic N) is 3. The van der Waals surface area contributed by atoms with Crippen molar-refractivity contribution in [1.82, 2.24) is 19.5 Å². The highest BCUT2D eigenvalue weighted by Gasteiger charge is 2.41. The SMILES string of the molecule is CC1(NS(=O)(=O)c2cc3c4c(c2)c(-c2nnc(C(F)F)s2)cn4CCC(=O)N3)CC1. The Hall–Kier alpha value is -2.44. The first-order valence-corrected chi connectivity index (χ1v) is 11.6. The molecule has 0 atom stereocenters. The third-order valence-corrected chi connectivity index (χ3v) is 7.93. The second kappa shape index (κ2) is 6.53. The van der Waals surface area contributed by atoms with Crippen LogP contribution in [0.3, 0.4) is 0 Å². The Balaban J connectivity index is 1.72. The van der Waals surface area contributed by atoms with Gasteiger partial charge in [0.2, 0.25) is 15.9 Å². The van der Waals surface area contributed by atoms with Crippen LogP contribution in [0.4, 0.5) is 14.5 Å². The van der Waals surface area contributed by atoms with Gasteiger partial charge in [-0.05, 0) is 31.9 Å². The molecule has 12 heteroatoms. The van der Waals surface area contributed by atoms with Crippen LogP contribution < -0.4 is 10.0 Å². The number of aromatic nitrogens is 3. The maximum absolute atomic E-state index is 13.0. The standard InChI is InChI=1S/C18H17F2N5O3S2/c1-18(3-4-18)24-30(27,28)9-6-10-11(16-22-23-17(29-16)15(19)20)8-25-5-2-13(26)21-12(7-9)14(10)25/h6-8,15,24H,2-5H2,1H3,(H,21,26). The van der Waals surface area contributed by atoms with Crippen molar-refractivity contribution < 1.29 is 22.0 Å². The molecular weight excluding hydrogens is 436 g/mol. The van der Waals surface area contributed by atoms with Gasteiger partial charge in [-0.1, -0.05) is 11.3 Å². The summed E-state index contributed by atoms with van der Waals surface area (Å²) in [5.41, 5.74) is 1.02. The number of amides is 1. The van der Waals surface area contributed by atoms with Crippen LogP contribution in [0.15, 0.2) is 23.2 Å². The number of aryl methyl sites for hydroxylation is 1. The number of carbonyl (C=O) groups is 1. The zero-order valence-corrected chi connectivity index (χ0v) is 17.4. The predicted octanol–water partition coefficient (Wildman–Crippen LogP) is 3.27. The van der Waals surface area contributed by atoms with Crippen LogP contribution in [0.2, 0.25) is 0 Å². The molecule has 0 unspecified atom stereocenters. The molecule has 0 radical (unpaired) electrons. The first-order valence-electron chi connectivity index (χ1n) is 9.28. The molecule has 1 fully saturated rings. The smallest absolute Gasteiger partial charge is 0.291 e. The highest BCUT2D eigenvalue weighted by Crippen LogP contribution is 2.41. The first kappa shape index (κ1) is 19.5. The Labute approximate surface area is 174 Å². The van der Waals surface area contributed by atoms with E-state index in [9.17, 15) is 22.0 Å². The minimum atomic E-state index is -3.85. The Kier molecular flexibility index (Phi) is 4.25. The number of alkyl halides is 2. The number of carbonyl (C=O) groups excluding carboxylic acids is 1. The van der Waals surface area contributed by atoms with Crippen molar-refractivity contribution in [2.24, 2.45) is 0 Å². The molecule has 1 aromatic carbocycles. The minimum Gasteiger partial charge on any atom is -0.345 e. The Morgan fingerprint density at radius 3 is 2.73 bits per heavy atom. The third-order valence-electron chi connectivity index (χ3n) is 5.35. The summed E-state index contributed by atoms with van der Waals surface area (Å²) >= 11 is 0.760. The van der Waals surface area contributed by atoms with Gasteiger partial charge < -0.3 is 9.88 Å². The van der Waals surface area contributed by atoms with Crippen molar-refractivity contribution >= 4 is 43.9 Å². The molecule has 3 aromatic rings. The van der Waals surface area contributed by atoms with Gasteiger partial charge in [-0.15, -0.1) is 10.2 Å². The molecule has 1 aliphatic heterocycles. The van der Waals surface area contributed by atoms with Crippen molar-refractivity contribution in [1.29, 1.82) is 0 Å². The third kappa shape index (κ3) is 3.28. The van der Waals surface area contributed by atoms with Gasteiger partial charge in [0.25, 0.3) is 6.43 Å². The van der Waals surface area contributed by atoms with Crippen LogP contribution in [-0.2, 0) is 21.4 Å². The zero-order valence-electron chi connectivity index (χ0n) is 15.8. The lowest BCUT2D eigenvalue weighted by Crippen LogP contribution is -2.34. The molecule has 1 aliphatic carbocycles. The molecule has 2 aromatic heterocycles. The molecule has 0 saturated heterocycles. The minimum absolute atomic E-state index is 0.00192. The summed E-state index contributed by atoms with van der Waals surface area (Å²) in [4.78, 5) is 12.1. The number of hydrogen-bond donors (Lipinski definition) is 2. The van der Waals surface area contributed by atoms with Gasteiger partial charge >= 0.3 is 0 Å². The maximum atomic E-state index is 13.0. The van der Waals surface area contributed by atoms with E-state index in [1.165, 1.54) is 12.1 Å². The molecule has 8 nitrogen and oxygen atoms in total. The molecule has 3 heterocycles. The van der Waals surface area contributed by atoms with E-state index in [2.05, 4.69) is 20.2 Å². The van der Waals surface area contributed by atoms with Gasteiger partial charge in [-0.2, -0.15) is 0 Å². The summed E-state index contributed by atoms with van der Waals surface area (Å²) in [5.74, 6) is -0.228. The summed E-state index contributed by atoms with van der Waals surface area (Å²) < 4.78 is 56.5. The summed E-state index contributed by atoms with van der Waals surface area (Å²) in [7, 11) is -3.85. The first-order chi connectivity index (χ1) is 14.2. The van der Waals surface area contributed by atoms with E-state index in [-0.39, 0.29) is 22.2 Å². The van der Waals surface area contributed by atoms with Crippen molar-refractivity contribution in [3.8, 4) is 10.6 Å². The lowest BCUT2D eigenvalue weighted by Gasteiger charge is -2.14. The Morgan fingerprint density at radius 1 is 1.30 bits per heavy atom. The molecule has 30 heavy (non-hydrogen) atoms.